The Morgan fingerprint density at radius 3 is 2.14 bits per heavy atom. The molecule has 0 atom stereocenters. The maximum absolute atomic E-state index is 9.56. The molecule has 0 saturated carbocycles. The second-order valence-corrected chi connectivity index (χ2v) is 4.35. The number of nitrogens with zero attached hydrogens (tertiary/aromatic N) is 1. The van der Waals surface area contributed by atoms with Crippen LogP contribution in [-0.2, 0) is 0 Å². The molecule has 0 unspecified atom stereocenters. The molecule has 0 heterocycles. The summed E-state index contributed by atoms with van der Waals surface area (Å²) in [7, 11) is 0. The van der Waals surface area contributed by atoms with Crippen molar-refractivity contribution in [3.63, 3.8) is 0 Å². The van der Waals surface area contributed by atoms with E-state index in [4.69, 9.17) is 0 Å². The van der Waals surface area contributed by atoms with Crippen molar-refractivity contribution in [2.75, 3.05) is 6.54 Å². The molecule has 0 spiro atoms. The molecule has 0 bridgehead atoms. The molecule has 42 valence electrons. The standard InChI is InChI=1S/C2H3Br2NO2/c3-2(4)1-5(6)7/h2H,1H2. The van der Waals surface area contributed by atoms with E-state index in [9.17, 15) is 10.1 Å². The van der Waals surface area contributed by atoms with E-state index in [0.29, 0.717) is 0 Å². The van der Waals surface area contributed by atoms with Crippen molar-refractivity contribution in [3.8, 4) is 0 Å². The number of hydrogen-bond donors (Lipinski definition) is 0. The first-order valence-corrected chi connectivity index (χ1v) is 3.36. The second kappa shape index (κ2) is 3.37. The summed E-state index contributed by atoms with van der Waals surface area (Å²) >= 11 is 5.90. The summed E-state index contributed by atoms with van der Waals surface area (Å²) in [6.07, 6.45) is 0. The van der Waals surface area contributed by atoms with Crippen LogP contribution in [-0.4, -0.2) is 15.2 Å². The summed E-state index contributed by atoms with van der Waals surface area (Å²) in [6, 6.07) is 0. The minimum absolute atomic E-state index is 0.0833. The van der Waals surface area contributed by atoms with E-state index < -0.39 is 4.92 Å². The number of halogens is 2. The van der Waals surface area contributed by atoms with Crippen LogP contribution in [0.15, 0.2) is 0 Å². The fraction of sp³-hybridized carbons (Fsp3) is 1.00. The highest BCUT2D eigenvalue weighted by atomic mass is 79.9. The molecule has 0 aromatic carbocycles. The van der Waals surface area contributed by atoms with Crippen molar-refractivity contribution in [1.29, 1.82) is 0 Å². The van der Waals surface area contributed by atoms with Crippen LogP contribution >= 0.6 is 31.9 Å². The molecule has 0 aliphatic rings. The molecule has 0 aromatic rings. The van der Waals surface area contributed by atoms with E-state index >= 15 is 0 Å². The lowest BCUT2D eigenvalue weighted by atomic mass is 10.8. The van der Waals surface area contributed by atoms with Gasteiger partial charge in [0.05, 0.1) is 0 Å². The molecule has 0 rings (SSSR count). The van der Waals surface area contributed by atoms with Crippen molar-refractivity contribution in [2.24, 2.45) is 0 Å². The van der Waals surface area contributed by atoms with Crippen molar-refractivity contribution in [2.45, 2.75) is 3.74 Å². The lowest BCUT2D eigenvalue weighted by molar-refractivity contribution is -0.475. The Balaban J connectivity index is 3.13. The van der Waals surface area contributed by atoms with Gasteiger partial charge in [-0.15, -0.1) is 0 Å². The number of rotatable bonds is 2. The smallest absolute Gasteiger partial charge is 0.225 e. The quantitative estimate of drug-likeness (QED) is 0.410. The van der Waals surface area contributed by atoms with E-state index in [1.807, 2.05) is 0 Å². The zero-order chi connectivity index (χ0) is 5.86. The van der Waals surface area contributed by atoms with Gasteiger partial charge < -0.3 is 0 Å². The topological polar surface area (TPSA) is 43.1 Å². The van der Waals surface area contributed by atoms with Crippen molar-refractivity contribution in [1.82, 2.24) is 0 Å². The third kappa shape index (κ3) is 6.36. The normalized spacial score (nSPS) is 9.57. The van der Waals surface area contributed by atoms with Gasteiger partial charge in [-0.05, 0) is 0 Å². The Morgan fingerprint density at radius 2 is 2.14 bits per heavy atom. The SMILES string of the molecule is O=[N+]([O-])CC(Br)Br. The molecule has 3 nitrogen and oxygen atoms in total. The number of hydrogen-bond acceptors (Lipinski definition) is 2. The molecule has 0 radical (unpaired) electrons. The number of nitro groups is 1. The molecule has 5 heteroatoms. The molecule has 0 aliphatic carbocycles. The highest BCUT2D eigenvalue weighted by Gasteiger charge is 2.03. The summed E-state index contributed by atoms with van der Waals surface area (Å²) in [4.78, 5) is 9.16. The van der Waals surface area contributed by atoms with Gasteiger partial charge in [0.1, 0.15) is 3.74 Å². The van der Waals surface area contributed by atoms with E-state index in [1.54, 1.807) is 0 Å². The molecule has 0 aromatic heterocycles. The summed E-state index contributed by atoms with van der Waals surface area (Å²) in [5.41, 5.74) is 0. The Kier molecular flexibility index (Phi) is 3.55. The summed E-state index contributed by atoms with van der Waals surface area (Å²) < 4.78 is -0.199. The summed E-state index contributed by atoms with van der Waals surface area (Å²) in [5, 5.41) is 9.56. The predicted octanol–water partition coefficient (Wildman–Crippen LogP) is 1.38. The van der Waals surface area contributed by atoms with E-state index in [1.165, 1.54) is 0 Å². The van der Waals surface area contributed by atoms with E-state index in [0.717, 1.165) is 0 Å². The maximum Gasteiger partial charge on any atom is 0.225 e. The van der Waals surface area contributed by atoms with E-state index in [-0.39, 0.29) is 10.3 Å². The average Bonchev–Trinajstić information content (AvgIpc) is 1.27. The van der Waals surface area contributed by atoms with Gasteiger partial charge in [-0.3, -0.25) is 10.1 Å². The van der Waals surface area contributed by atoms with Crippen molar-refractivity contribution in [3.05, 3.63) is 10.1 Å². The zero-order valence-electron chi connectivity index (χ0n) is 3.30. The van der Waals surface area contributed by atoms with Crippen LogP contribution in [0.25, 0.3) is 0 Å². The molecule has 7 heavy (non-hydrogen) atoms. The minimum atomic E-state index is -0.395. The van der Waals surface area contributed by atoms with Crippen LogP contribution in [0.5, 0.6) is 0 Å². The lowest BCUT2D eigenvalue weighted by Crippen LogP contribution is -2.06. The fourth-order valence-electron chi connectivity index (χ4n) is 0.113. The molecular formula is C2H3Br2NO2. The van der Waals surface area contributed by atoms with Crippen LogP contribution in [0.3, 0.4) is 0 Å². The molecular weight excluding hydrogens is 230 g/mol. The van der Waals surface area contributed by atoms with Gasteiger partial charge in [-0.25, -0.2) is 0 Å². The fourth-order valence-corrected chi connectivity index (χ4v) is 0.586. The van der Waals surface area contributed by atoms with Gasteiger partial charge in [0.15, 0.2) is 0 Å². The third-order valence-corrected chi connectivity index (χ3v) is 0.866. The maximum atomic E-state index is 9.56. The van der Waals surface area contributed by atoms with Crippen molar-refractivity contribution >= 4 is 31.9 Å². The largest absolute Gasteiger partial charge is 0.264 e. The van der Waals surface area contributed by atoms with Gasteiger partial charge in [0, 0.05) is 4.92 Å². The Bertz CT molecular complexity index is 74.1. The monoisotopic (exact) mass is 231 g/mol. The molecule has 0 aliphatic heterocycles. The molecule has 0 amide bonds. The molecule has 0 fully saturated rings. The van der Waals surface area contributed by atoms with Crippen LogP contribution in [0.1, 0.15) is 0 Å². The average molecular weight is 233 g/mol. The highest BCUT2D eigenvalue weighted by molar-refractivity contribution is 9.24. The highest BCUT2D eigenvalue weighted by Crippen LogP contribution is 2.06. The minimum Gasteiger partial charge on any atom is -0.264 e. The van der Waals surface area contributed by atoms with Crippen LogP contribution in [0, 0.1) is 10.1 Å². The first-order valence-electron chi connectivity index (χ1n) is 1.53. The van der Waals surface area contributed by atoms with Gasteiger partial charge in [-0.2, -0.15) is 0 Å². The zero-order valence-corrected chi connectivity index (χ0v) is 6.48. The predicted molar refractivity (Wildman–Crippen MR) is 33.5 cm³/mol. The van der Waals surface area contributed by atoms with Crippen LogP contribution in [0.4, 0.5) is 0 Å². The summed E-state index contributed by atoms with van der Waals surface area (Å²) in [5.74, 6) is 0. The second-order valence-electron chi connectivity index (χ2n) is 0.906. The first kappa shape index (κ1) is 7.36. The third-order valence-electron chi connectivity index (χ3n) is 0.287. The lowest BCUT2D eigenvalue weighted by Gasteiger charge is -1.88. The molecule has 0 N–H and O–H groups in total. The van der Waals surface area contributed by atoms with Crippen LogP contribution in [0.2, 0.25) is 0 Å². The Morgan fingerprint density at radius 1 is 1.71 bits per heavy atom. The van der Waals surface area contributed by atoms with Gasteiger partial charge in [-0.1, -0.05) is 31.9 Å². The summed E-state index contributed by atoms with van der Waals surface area (Å²) in [6.45, 7) is -0.0833. The van der Waals surface area contributed by atoms with Gasteiger partial charge in [0.25, 0.3) is 0 Å². The molecule has 0 saturated heterocycles. The Labute approximate surface area is 57.5 Å². The van der Waals surface area contributed by atoms with Crippen LogP contribution < -0.4 is 0 Å². The Hall–Kier alpha value is 0.360. The van der Waals surface area contributed by atoms with Gasteiger partial charge in [0.2, 0.25) is 6.54 Å². The first-order chi connectivity index (χ1) is 3.13. The van der Waals surface area contributed by atoms with E-state index in [2.05, 4.69) is 31.9 Å². The van der Waals surface area contributed by atoms with Crippen molar-refractivity contribution < 1.29 is 4.92 Å². The number of alkyl halides is 2. The van der Waals surface area contributed by atoms with Gasteiger partial charge >= 0.3 is 0 Å².